The van der Waals surface area contributed by atoms with Crippen LogP contribution in [-0.2, 0) is 19.2 Å². The molecule has 1 atom stereocenters. The smallest absolute Gasteiger partial charge is 0.242 e. The predicted molar refractivity (Wildman–Crippen MR) is 42.6 cm³/mol. The van der Waals surface area contributed by atoms with E-state index in [2.05, 4.69) is 10.6 Å². The van der Waals surface area contributed by atoms with Gasteiger partial charge in [0, 0.05) is 6.42 Å². The number of carbonyl (C=O) groups excluding carboxylic acids is 4. The van der Waals surface area contributed by atoms with Crippen molar-refractivity contribution in [1.82, 2.24) is 10.6 Å². The van der Waals surface area contributed by atoms with Gasteiger partial charge in [-0.25, -0.2) is 0 Å². The SMILES string of the molecule is O=C1CCC2(CC(=O)NC2=O)C(=O)N1. The second-order valence-corrected chi connectivity index (χ2v) is 3.51. The summed E-state index contributed by atoms with van der Waals surface area (Å²) in [5, 5.41) is 4.14. The molecular weight excluding hydrogens is 188 g/mol. The molecule has 0 aromatic carbocycles. The van der Waals surface area contributed by atoms with Crippen LogP contribution < -0.4 is 10.6 Å². The Hall–Kier alpha value is -1.72. The average molecular weight is 196 g/mol. The number of imide groups is 2. The fraction of sp³-hybridized carbons (Fsp3) is 0.500. The van der Waals surface area contributed by atoms with Gasteiger partial charge in [0.1, 0.15) is 5.41 Å². The lowest BCUT2D eigenvalue weighted by Gasteiger charge is -2.27. The molecule has 2 N–H and O–H groups in total. The van der Waals surface area contributed by atoms with Crippen molar-refractivity contribution in [2.45, 2.75) is 19.3 Å². The monoisotopic (exact) mass is 196 g/mol. The number of carbonyl (C=O) groups is 4. The summed E-state index contributed by atoms with van der Waals surface area (Å²) in [4.78, 5) is 44.6. The summed E-state index contributed by atoms with van der Waals surface area (Å²) in [5.41, 5.74) is -1.33. The molecule has 1 unspecified atom stereocenters. The van der Waals surface area contributed by atoms with Gasteiger partial charge in [0.15, 0.2) is 0 Å². The van der Waals surface area contributed by atoms with Gasteiger partial charge in [0.2, 0.25) is 23.6 Å². The summed E-state index contributed by atoms with van der Waals surface area (Å²) in [6.45, 7) is 0. The molecule has 74 valence electrons. The maximum absolute atomic E-state index is 11.4. The Morgan fingerprint density at radius 1 is 0.929 bits per heavy atom. The van der Waals surface area contributed by atoms with Gasteiger partial charge in [0.25, 0.3) is 0 Å². The van der Waals surface area contributed by atoms with Crippen molar-refractivity contribution < 1.29 is 19.2 Å². The first-order chi connectivity index (χ1) is 6.54. The second kappa shape index (κ2) is 2.63. The highest BCUT2D eigenvalue weighted by Crippen LogP contribution is 2.35. The highest BCUT2D eigenvalue weighted by Gasteiger charge is 2.54. The van der Waals surface area contributed by atoms with E-state index in [-0.39, 0.29) is 19.3 Å². The second-order valence-electron chi connectivity index (χ2n) is 3.51. The van der Waals surface area contributed by atoms with Crippen molar-refractivity contribution in [1.29, 1.82) is 0 Å². The zero-order valence-electron chi connectivity index (χ0n) is 7.25. The Morgan fingerprint density at radius 3 is 1.93 bits per heavy atom. The van der Waals surface area contributed by atoms with Crippen molar-refractivity contribution >= 4 is 23.6 Å². The summed E-state index contributed by atoms with van der Waals surface area (Å²) in [6, 6.07) is 0. The van der Waals surface area contributed by atoms with E-state index in [0.29, 0.717) is 0 Å². The first kappa shape index (κ1) is 8.86. The van der Waals surface area contributed by atoms with E-state index in [1.807, 2.05) is 0 Å². The normalized spacial score (nSPS) is 32.0. The molecule has 2 heterocycles. The van der Waals surface area contributed by atoms with E-state index >= 15 is 0 Å². The number of piperidine rings is 1. The van der Waals surface area contributed by atoms with Crippen LogP contribution in [0.1, 0.15) is 19.3 Å². The minimum atomic E-state index is -1.33. The van der Waals surface area contributed by atoms with Crippen LogP contribution in [0.2, 0.25) is 0 Å². The van der Waals surface area contributed by atoms with Gasteiger partial charge in [-0.15, -0.1) is 0 Å². The number of nitrogens with one attached hydrogen (secondary N) is 2. The molecule has 0 aromatic rings. The van der Waals surface area contributed by atoms with E-state index < -0.39 is 29.0 Å². The first-order valence-electron chi connectivity index (χ1n) is 4.23. The maximum Gasteiger partial charge on any atom is 0.242 e. The Kier molecular flexibility index (Phi) is 1.67. The average Bonchev–Trinajstić information content (AvgIpc) is 2.37. The Balaban J connectivity index is 2.32. The third kappa shape index (κ3) is 1.03. The highest BCUT2D eigenvalue weighted by atomic mass is 16.2. The Morgan fingerprint density at radius 2 is 1.50 bits per heavy atom. The van der Waals surface area contributed by atoms with Crippen molar-refractivity contribution in [2.75, 3.05) is 0 Å². The van der Waals surface area contributed by atoms with Crippen molar-refractivity contribution in [3.63, 3.8) is 0 Å². The molecule has 2 fully saturated rings. The van der Waals surface area contributed by atoms with Gasteiger partial charge in [-0.1, -0.05) is 0 Å². The molecule has 0 aromatic heterocycles. The summed E-state index contributed by atoms with van der Waals surface area (Å²) in [7, 11) is 0. The molecule has 0 radical (unpaired) electrons. The maximum atomic E-state index is 11.4. The van der Waals surface area contributed by atoms with Crippen molar-refractivity contribution in [2.24, 2.45) is 5.41 Å². The van der Waals surface area contributed by atoms with Crippen LogP contribution >= 0.6 is 0 Å². The van der Waals surface area contributed by atoms with Crippen LogP contribution in [0.25, 0.3) is 0 Å². The number of amides is 4. The van der Waals surface area contributed by atoms with Crippen LogP contribution in [0, 0.1) is 5.41 Å². The molecule has 2 rings (SSSR count). The molecule has 2 saturated heterocycles. The molecule has 14 heavy (non-hydrogen) atoms. The van der Waals surface area contributed by atoms with Gasteiger partial charge in [-0.3, -0.25) is 29.8 Å². The van der Waals surface area contributed by atoms with Crippen molar-refractivity contribution in [3.05, 3.63) is 0 Å². The summed E-state index contributed by atoms with van der Waals surface area (Å²) < 4.78 is 0. The lowest BCUT2D eigenvalue weighted by Crippen LogP contribution is -2.52. The summed E-state index contributed by atoms with van der Waals surface area (Å²) >= 11 is 0. The Labute approximate surface area is 79.0 Å². The van der Waals surface area contributed by atoms with Crippen LogP contribution in [0.5, 0.6) is 0 Å². The van der Waals surface area contributed by atoms with Gasteiger partial charge >= 0.3 is 0 Å². The molecular formula is C8H8N2O4. The molecule has 2 aliphatic rings. The molecule has 1 spiro atoms. The highest BCUT2D eigenvalue weighted by molar-refractivity contribution is 6.20. The number of hydrogen-bond donors (Lipinski definition) is 2. The summed E-state index contributed by atoms with van der Waals surface area (Å²) in [6.07, 6.45) is 0.0760. The molecule has 0 aliphatic carbocycles. The third-order valence-electron chi connectivity index (χ3n) is 2.62. The minimum absolute atomic E-state index is 0.104. The van der Waals surface area contributed by atoms with Crippen LogP contribution in [0.15, 0.2) is 0 Å². The lowest BCUT2D eigenvalue weighted by atomic mass is 9.78. The fourth-order valence-electron chi connectivity index (χ4n) is 1.78. The zero-order valence-corrected chi connectivity index (χ0v) is 7.25. The van der Waals surface area contributed by atoms with E-state index in [4.69, 9.17) is 0 Å². The topological polar surface area (TPSA) is 92.3 Å². The fourth-order valence-corrected chi connectivity index (χ4v) is 1.78. The van der Waals surface area contributed by atoms with Crippen LogP contribution in [0.4, 0.5) is 0 Å². The molecule has 6 heteroatoms. The third-order valence-corrected chi connectivity index (χ3v) is 2.62. The molecule has 6 nitrogen and oxygen atoms in total. The standard InChI is InChI=1S/C8H8N2O4/c11-4-1-2-8(6(13)9-4)3-5(12)10-7(8)14/h1-3H2,(H,9,11,13)(H,10,12,14). The van der Waals surface area contributed by atoms with Gasteiger partial charge < -0.3 is 0 Å². The quantitative estimate of drug-likeness (QED) is 0.362. The van der Waals surface area contributed by atoms with E-state index in [1.54, 1.807) is 0 Å². The largest absolute Gasteiger partial charge is 0.296 e. The predicted octanol–water partition coefficient (Wildman–Crippen LogP) is -1.54. The minimum Gasteiger partial charge on any atom is -0.296 e. The molecule has 4 amide bonds. The van der Waals surface area contributed by atoms with Gasteiger partial charge in [0.05, 0.1) is 6.42 Å². The lowest BCUT2D eigenvalue weighted by molar-refractivity contribution is -0.147. The molecule has 0 bridgehead atoms. The van der Waals surface area contributed by atoms with Crippen molar-refractivity contribution in [3.8, 4) is 0 Å². The van der Waals surface area contributed by atoms with E-state index in [9.17, 15) is 19.2 Å². The number of rotatable bonds is 0. The molecule has 2 aliphatic heterocycles. The van der Waals surface area contributed by atoms with Crippen LogP contribution in [0.3, 0.4) is 0 Å². The van der Waals surface area contributed by atoms with Gasteiger partial charge in [-0.05, 0) is 6.42 Å². The molecule has 0 saturated carbocycles. The van der Waals surface area contributed by atoms with E-state index in [1.165, 1.54) is 0 Å². The summed E-state index contributed by atoms with van der Waals surface area (Å²) in [5.74, 6) is -2.10. The first-order valence-corrected chi connectivity index (χ1v) is 4.23. The number of hydrogen-bond acceptors (Lipinski definition) is 4. The zero-order chi connectivity index (χ0) is 10.3. The Bertz CT molecular complexity index is 362. The van der Waals surface area contributed by atoms with Crippen LogP contribution in [-0.4, -0.2) is 23.6 Å². The van der Waals surface area contributed by atoms with Gasteiger partial charge in [-0.2, -0.15) is 0 Å². The van der Waals surface area contributed by atoms with E-state index in [0.717, 1.165) is 0 Å².